The first-order valence-electron chi connectivity index (χ1n) is 10.1. The van der Waals surface area contributed by atoms with E-state index >= 15 is 0 Å². The Kier molecular flexibility index (Phi) is 4.92. The Bertz CT molecular complexity index is 1210. The van der Waals surface area contributed by atoms with Gasteiger partial charge in [-0.3, -0.25) is 9.20 Å². The van der Waals surface area contributed by atoms with Crippen molar-refractivity contribution >= 4 is 28.6 Å². The molecule has 1 aliphatic carbocycles. The normalized spacial score (nSPS) is 13.7. The van der Waals surface area contributed by atoms with Gasteiger partial charge in [-0.05, 0) is 49.3 Å². The number of imidazole rings is 1. The lowest BCUT2D eigenvalue weighted by molar-refractivity contribution is 0.100. The smallest absolute Gasteiger partial charge is 0.250 e. The number of amides is 1. The Balaban J connectivity index is 1.61. The van der Waals surface area contributed by atoms with Gasteiger partial charge in [0, 0.05) is 22.3 Å². The molecule has 0 radical (unpaired) electrons. The molecular formula is C22H22N6OS. The van der Waals surface area contributed by atoms with Crippen LogP contribution in [0.25, 0.3) is 17.2 Å². The quantitative estimate of drug-likeness (QED) is 0.480. The molecule has 0 atom stereocenters. The van der Waals surface area contributed by atoms with Crippen molar-refractivity contribution in [3.63, 3.8) is 0 Å². The zero-order valence-corrected chi connectivity index (χ0v) is 17.3. The summed E-state index contributed by atoms with van der Waals surface area (Å²) in [5.74, 6) is 1.58. The summed E-state index contributed by atoms with van der Waals surface area (Å²) < 4.78 is 1.83. The van der Waals surface area contributed by atoms with E-state index in [-0.39, 0.29) is 0 Å². The number of fused-ring (bicyclic) bond motifs is 2. The summed E-state index contributed by atoms with van der Waals surface area (Å²) in [4.78, 5) is 27.4. The van der Waals surface area contributed by atoms with Crippen molar-refractivity contribution in [1.29, 1.82) is 0 Å². The number of nitrogens with one attached hydrogen (secondary N) is 1. The topological polar surface area (TPSA) is 98.2 Å². The minimum Gasteiger partial charge on any atom is -0.366 e. The van der Waals surface area contributed by atoms with Crippen LogP contribution in [0.5, 0.6) is 0 Å². The molecule has 0 fully saturated rings. The van der Waals surface area contributed by atoms with Crippen LogP contribution < -0.4 is 11.1 Å². The number of aromatic nitrogens is 4. The molecule has 0 bridgehead atoms. The van der Waals surface area contributed by atoms with Crippen LogP contribution in [0.3, 0.4) is 0 Å². The maximum absolute atomic E-state index is 11.8. The fourth-order valence-electron chi connectivity index (χ4n) is 4.00. The first-order valence-corrected chi connectivity index (χ1v) is 11.0. The first-order chi connectivity index (χ1) is 14.7. The van der Waals surface area contributed by atoms with Gasteiger partial charge in [-0.15, -0.1) is 11.3 Å². The average molecular weight is 419 g/mol. The fourth-order valence-corrected chi connectivity index (χ4v) is 4.64. The number of nitrogens with two attached hydrogens (primary N) is 1. The van der Waals surface area contributed by atoms with Crippen molar-refractivity contribution in [2.75, 3.05) is 5.32 Å². The maximum Gasteiger partial charge on any atom is 0.250 e. The summed E-state index contributed by atoms with van der Waals surface area (Å²) in [6, 6.07) is 7.67. The van der Waals surface area contributed by atoms with Crippen LogP contribution in [-0.4, -0.2) is 25.3 Å². The van der Waals surface area contributed by atoms with Gasteiger partial charge in [0.1, 0.15) is 5.82 Å². The SMILES string of the molecule is NC(=O)c1cccn2c(-c3nc4c(c(NCc5cccs5)n3)CCCCC4)ncc12. The number of carbonyl (C=O) groups excluding carboxylic acids is 1. The monoisotopic (exact) mass is 418 g/mol. The second kappa shape index (κ2) is 7.87. The van der Waals surface area contributed by atoms with Gasteiger partial charge in [-0.1, -0.05) is 12.5 Å². The van der Waals surface area contributed by atoms with Crippen molar-refractivity contribution < 1.29 is 4.79 Å². The van der Waals surface area contributed by atoms with Crippen LogP contribution in [0.15, 0.2) is 42.0 Å². The lowest BCUT2D eigenvalue weighted by Gasteiger charge is -2.14. The van der Waals surface area contributed by atoms with Crippen molar-refractivity contribution in [2.45, 2.75) is 38.6 Å². The van der Waals surface area contributed by atoms with Crippen molar-refractivity contribution in [2.24, 2.45) is 5.73 Å². The van der Waals surface area contributed by atoms with Gasteiger partial charge in [0.2, 0.25) is 0 Å². The Hall–Kier alpha value is -3.26. The van der Waals surface area contributed by atoms with E-state index in [1.54, 1.807) is 29.7 Å². The van der Waals surface area contributed by atoms with Crippen molar-refractivity contribution in [3.8, 4) is 11.6 Å². The molecule has 4 aromatic rings. The van der Waals surface area contributed by atoms with E-state index in [1.165, 1.54) is 16.9 Å². The largest absolute Gasteiger partial charge is 0.366 e. The van der Waals surface area contributed by atoms with Crippen LogP contribution >= 0.6 is 11.3 Å². The van der Waals surface area contributed by atoms with Gasteiger partial charge in [0.05, 0.1) is 23.8 Å². The summed E-state index contributed by atoms with van der Waals surface area (Å²) in [6.45, 7) is 0.731. The van der Waals surface area contributed by atoms with E-state index in [0.29, 0.717) is 22.7 Å². The molecule has 5 rings (SSSR count). The second-order valence-corrected chi connectivity index (χ2v) is 8.47. The molecule has 152 valence electrons. The minimum absolute atomic E-state index is 0.432. The number of carbonyl (C=O) groups is 1. The van der Waals surface area contributed by atoms with Crippen LogP contribution in [-0.2, 0) is 19.4 Å². The molecule has 1 aliphatic rings. The summed E-state index contributed by atoms with van der Waals surface area (Å²) in [6.07, 6.45) is 8.91. The zero-order valence-electron chi connectivity index (χ0n) is 16.5. The molecule has 0 unspecified atom stereocenters. The number of rotatable bonds is 5. The van der Waals surface area contributed by atoms with E-state index in [1.807, 2.05) is 10.6 Å². The predicted molar refractivity (Wildman–Crippen MR) is 118 cm³/mol. The lowest BCUT2D eigenvalue weighted by atomic mass is 10.1. The van der Waals surface area contributed by atoms with Crippen LogP contribution in [0.4, 0.5) is 5.82 Å². The molecule has 0 saturated heterocycles. The Morgan fingerprint density at radius 2 is 2.07 bits per heavy atom. The number of hydrogen-bond donors (Lipinski definition) is 2. The van der Waals surface area contributed by atoms with Crippen molar-refractivity contribution in [1.82, 2.24) is 19.4 Å². The van der Waals surface area contributed by atoms with Gasteiger partial charge >= 0.3 is 0 Å². The minimum atomic E-state index is -0.479. The Morgan fingerprint density at radius 1 is 1.17 bits per heavy atom. The molecule has 0 spiro atoms. The molecular weight excluding hydrogens is 396 g/mol. The van der Waals surface area contributed by atoms with E-state index < -0.39 is 5.91 Å². The third kappa shape index (κ3) is 3.43. The molecule has 3 N–H and O–H groups in total. The molecule has 7 nitrogen and oxygen atoms in total. The van der Waals surface area contributed by atoms with Gasteiger partial charge in [-0.25, -0.2) is 15.0 Å². The number of anilines is 1. The van der Waals surface area contributed by atoms with E-state index in [9.17, 15) is 4.79 Å². The summed E-state index contributed by atoms with van der Waals surface area (Å²) in [7, 11) is 0. The zero-order chi connectivity index (χ0) is 20.5. The third-order valence-corrected chi connectivity index (χ3v) is 6.36. The molecule has 4 heterocycles. The highest BCUT2D eigenvalue weighted by Crippen LogP contribution is 2.29. The summed E-state index contributed by atoms with van der Waals surface area (Å²) in [5.41, 5.74) is 8.92. The van der Waals surface area contributed by atoms with E-state index in [2.05, 4.69) is 27.8 Å². The highest BCUT2D eigenvalue weighted by molar-refractivity contribution is 7.09. The highest BCUT2D eigenvalue weighted by Gasteiger charge is 2.20. The Labute approximate surface area is 178 Å². The van der Waals surface area contributed by atoms with Gasteiger partial charge < -0.3 is 11.1 Å². The molecule has 0 aromatic carbocycles. The lowest BCUT2D eigenvalue weighted by Crippen LogP contribution is -2.12. The number of nitrogens with zero attached hydrogens (tertiary/aromatic N) is 4. The molecule has 0 saturated carbocycles. The van der Waals surface area contributed by atoms with Crippen LogP contribution in [0, 0.1) is 0 Å². The van der Waals surface area contributed by atoms with Crippen molar-refractivity contribution in [3.05, 3.63) is 63.7 Å². The van der Waals surface area contributed by atoms with Gasteiger partial charge in [0.25, 0.3) is 5.91 Å². The maximum atomic E-state index is 11.8. The average Bonchev–Trinajstić information content (AvgIpc) is 3.36. The number of thiophene rings is 1. The second-order valence-electron chi connectivity index (χ2n) is 7.44. The molecule has 30 heavy (non-hydrogen) atoms. The fraction of sp³-hybridized carbons (Fsp3) is 0.273. The molecule has 4 aromatic heterocycles. The molecule has 1 amide bonds. The van der Waals surface area contributed by atoms with Crippen LogP contribution in [0.1, 0.15) is 45.8 Å². The third-order valence-electron chi connectivity index (χ3n) is 5.48. The number of primary amides is 1. The number of pyridine rings is 1. The first kappa shape index (κ1) is 18.7. The Morgan fingerprint density at radius 3 is 2.90 bits per heavy atom. The summed E-state index contributed by atoms with van der Waals surface area (Å²) >= 11 is 1.73. The predicted octanol–water partition coefficient (Wildman–Crippen LogP) is 3.83. The molecule has 8 heteroatoms. The number of hydrogen-bond acceptors (Lipinski definition) is 6. The van der Waals surface area contributed by atoms with E-state index in [0.717, 1.165) is 43.7 Å². The van der Waals surface area contributed by atoms with Gasteiger partial charge in [0.15, 0.2) is 11.6 Å². The molecule has 0 aliphatic heterocycles. The van der Waals surface area contributed by atoms with Gasteiger partial charge in [-0.2, -0.15) is 0 Å². The van der Waals surface area contributed by atoms with Crippen LogP contribution in [0.2, 0.25) is 0 Å². The van der Waals surface area contributed by atoms with E-state index in [4.69, 9.17) is 15.7 Å². The standard InChI is InChI=1S/C22H22N6OS/c23-19(29)16-8-4-10-28-18(16)13-25-22(28)21-26-17-9-3-1-2-7-15(17)20(27-21)24-12-14-6-5-11-30-14/h4-6,8,10-11,13H,1-3,7,9,12H2,(H2,23,29)(H,24,26,27). The highest BCUT2D eigenvalue weighted by atomic mass is 32.1. The summed E-state index contributed by atoms with van der Waals surface area (Å²) in [5, 5.41) is 5.61. The number of aryl methyl sites for hydroxylation is 1.